The molecule has 0 spiro atoms. The summed E-state index contributed by atoms with van der Waals surface area (Å²) >= 11 is 0. The maximum Gasteiger partial charge on any atom is 0.416 e. The zero-order chi connectivity index (χ0) is 21.7. The van der Waals surface area contributed by atoms with Crippen LogP contribution in [0, 0.1) is 0 Å². The van der Waals surface area contributed by atoms with Crippen molar-refractivity contribution < 1.29 is 18.0 Å². The zero-order valence-corrected chi connectivity index (χ0v) is 16.7. The van der Waals surface area contributed by atoms with E-state index in [0.717, 1.165) is 37.1 Å². The van der Waals surface area contributed by atoms with Gasteiger partial charge in [-0.05, 0) is 62.4 Å². The van der Waals surface area contributed by atoms with Crippen LogP contribution < -0.4 is 10.2 Å². The first kappa shape index (κ1) is 21.4. The average Bonchev–Trinajstić information content (AvgIpc) is 2.75. The summed E-state index contributed by atoms with van der Waals surface area (Å²) < 4.78 is 38.7. The van der Waals surface area contributed by atoms with Crippen LogP contribution in [0.4, 0.5) is 24.5 Å². The van der Waals surface area contributed by atoms with Gasteiger partial charge in [0.05, 0.1) is 11.3 Å². The second kappa shape index (κ2) is 8.98. The number of amides is 1. The van der Waals surface area contributed by atoms with Gasteiger partial charge in [0.1, 0.15) is 0 Å². The highest BCUT2D eigenvalue weighted by atomic mass is 19.4. The molecule has 0 aliphatic heterocycles. The molecule has 0 aliphatic rings. The molecule has 0 unspecified atom stereocenters. The second-order valence-electron chi connectivity index (χ2n) is 6.68. The number of hydrogen-bond donors (Lipinski definition) is 1. The van der Waals surface area contributed by atoms with Gasteiger partial charge in [-0.3, -0.25) is 9.78 Å². The Hall–Kier alpha value is -3.35. The molecular formula is C23H22F3N3O. The largest absolute Gasteiger partial charge is 0.416 e. The highest BCUT2D eigenvalue weighted by Crippen LogP contribution is 2.31. The quantitative estimate of drug-likeness (QED) is 0.550. The summed E-state index contributed by atoms with van der Waals surface area (Å²) in [6.45, 7) is 5.96. The number of nitrogens with one attached hydrogen (secondary N) is 1. The number of anilines is 2. The van der Waals surface area contributed by atoms with Gasteiger partial charge in [0.2, 0.25) is 0 Å². The van der Waals surface area contributed by atoms with Crippen molar-refractivity contribution in [1.82, 2.24) is 4.98 Å². The summed E-state index contributed by atoms with van der Waals surface area (Å²) in [5.41, 5.74) is 2.08. The highest BCUT2D eigenvalue weighted by Gasteiger charge is 2.30. The van der Waals surface area contributed by atoms with Crippen molar-refractivity contribution in [3.8, 4) is 11.3 Å². The molecule has 1 amide bonds. The Bertz CT molecular complexity index is 995. The predicted octanol–water partition coefficient (Wildman–Crippen LogP) is 5.87. The van der Waals surface area contributed by atoms with E-state index in [2.05, 4.69) is 29.0 Å². The van der Waals surface area contributed by atoms with E-state index in [0.29, 0.717) is 16.8 Å². The molecule has 1 aromatic heterocycles. The maximum absolute atomic E-state index is 12.9. The number of pyridine rings is 1. The molecule has 4 nitrogen and oxygen atoms in total. The lowest BCUT2D eigenvalue weighted by atomic mass is 10.1. The van der Waals surface area contributed by atoms with Gasteiger partial charge in [0, 0.05) is 41.8 Å². The van der Waals surface area contributed by atoms with Crippen molar-refractivity contribution in [2.45, 2.75) is 20.0 Å². The molecule has 0 saturated heterocycles. The van der Waals surface area contributed by atoms with Crippen molar-refractivity contribution in [2.24, 2.45) is 0 Å². The van der Waals surface area contributed by atoms with Crippen molar-refractivity contribution >= 4 is 17.3 Å². The van der Waals surface area contributed by atoms with Crippen LogP contribution in [-0.2, 0) is 6.18 Å². The van der Waals surface area contributed by atoms with E-state index < -0.39 is 11.7 Å². The predicted molar refractivity (Wildman–Crippen MR) is 113 cm³/mol. The number of benzene rings is 2. The molecule has 3 rings (SSSR count). The van der Waals surface area contributed by atoms with Gasteiger partial charge in [-0.1, -0.05) is 12.1 Å². The number of rotatable bonds is 6. The molecule has 1 heterocycles. The summed E-state index contributed by atoms with van der Waals surface area (Å²) in [4.78, 5) is 18.7. The summed E-state index contributed by atoms with van der Waals surface area (Å²) in [5.74, 6) is -0.297. The fourth-order valence-electron chi connectivity index (χ4n) is 3.10. The number of hydrogen-bond acceptors (Lipinski definition) is 3. The lowest BCUT2D eigenvalue weighted by Gasteiger charge is -2.21. The van der Waals surface area contributed by atoms with E-state index in [4.69, 9.17) is 0 Å². The fraction of sp³-hybridized carbons (Fsp3) is 0.217. The Kier molecular flexibility index (Phi) is 6.40. The van der Waals surface area contributed by atoms with Crippen molar-refractivity contribution in [3.05, 3.63) is 78.0 Å². The molecule has 2 aromatic carbocycles. The Balaban J connectivity index is 1.71. The topological polar surface area (TPSA) is 45.2 Å². The number of carbonyl (C=O) groups excluding carboxylic acids is 1. The van der Waals surface area contributed by atoms with E-state index >= 15 is 0 Å². The third-order valence-corrected chi connectivity index (χ3v) is 4.78. The first-order valence-electron chi connectivity index (χ1n) is 9.62. The lowest BCUT2D eigenvalue weighted by molar-refractivity contribution is -0.137. The van der Waals surface area contributed by atoms with Gasteiger partial charge >= 0.3 is 6.18 Å². The smallest absolute Gasteiger partial charge is 0.372 e. The van der Waals surface area contributed by atoms with Crippen LogP contribution in [0.3, 0.4) is 0 Å². The van der Waals surface area contributed by atoms with Gasteiger partial charge in [0.25, 0.3) is 5.91 Å². The number of nitrogens with zero attached hydrogens (tertiary/aromatic N) is 2. The molecule has 3 aromatic rings. The summed E-state index contributed by atoms with van der Waals surface area (Å²) in [6, 6.07) is 15.8. The first-order valence-corrected chi connectivity index (χ1v) is 9.62. The Labute approximate surface area is 173 Å². The molecule has 0 bridgehead atoms. The number of halogens is 3. The van der Waals surface area contributed by atoms with Crippen molar-refractivity contribution in [2.75, 3.05) is 23.3 Å². The standard InChI is InChI=1S/C23H22F3N3O/c1-3-29(4-2)20-11-9-19(10-12-20)28-22(30)17-7-5-16(6-8-17)21-15-18(13-14-27-21)23(24,25)26/h5-15H,3-4H2,1-2H3,(H,28,30). The highest BCUT2D eigenvalue weighted by molar-refractivity contribution is 6.04. The van der Waals surface area contributed by atoms with Crippen molar-refractivity contribution in [1.29, 1.82) is 0 Å². The zero-order valence-electron chi connectivity index (χ0n) is 16.7. The van der Waals surface area contributed by atoms with Gasteiger partial charge in [0.15, 0.2) is 0 Å². The van der Waals surface area contributed by atoms with Crippen LogP contribution in [0.25, 0.3) is 11.3 Å². The van der Waals surface area contributed by atoms with Gasteiger partial charge in [-0.25, -0.2) is 0 Å². The SMILES string of the molecule is CCN(CC)c1ccc(NC(=O)c2ccc(-c3cc(C(F)(F)F)ccn3)cc2)cc1. The second-order valence-corrected chi connectivity index (χ2v) is 6.68. The van der Waals surface area contributed by atoms with Crippen LogP contribution in [-0.4, -0.2) is 24.0 Å². The third kappa shape index (κ3) is 4.97. The summed E-state index contributed by atoms with van der Waals surface area (Å²) in [5, 5.41) is 2.83. The maximum atomic E-state index is 12.9. The van der Waals surface area contributed by atoms with Gasteiger partial charge in [-0.2, -0.15) is 13.2 Å². The Morgan fingerprint density at radius 1 is 0.967 bits per heavy atom. The molecule has 0 atom stereocenters. The monoisotopic (exact) mass is 413 g/mol. The molecule has 0 fully saturated rings. The van der Waals surface area contributed by atoms with Gasteiger partial charge < -0.3 is 10.2 Å². The molecule has 156 valence electrons. The Morgan fingerprint density at radius 3 is 2.17 bits per heavy atom. The Morgan fingerprint density at radius 2 is 1.60 bits per heavy atom. The van der Waals surface area contributed by atoms with Crippen LogP contribution in [0.2, 0.25) is 0 Å². The minimum Gasteiger partial charge on any atom is -0.372 e. The molecule has 0 radical (unpaired) electrons. The van der Waals surface area contributed by atoms with E-state index in [9.17, 15) is 18.0 Å². The molecule has 30 heavy (non-hydrogen) atoms. The van der Waals surface area contributed by atoms with Crippen LogP contribution in [0.1, 0.15) is 29.8 Å². The van der Waals surface area contributed by atoms with Gasteiger partial charge in [-0.15, -0.1) is 0 Å². The summed E-state index contributed by atoms with van der Waals surface area (Å²) in [7, 11) is 0. The van der Waals surface area contributed by atoms with Crippen LogP contribution in [0.5, 0.6) is 0 Å². The van der Waals surface area contributed by atoms with Crippen LogP contribution >= 0.6 is 0 Å². The van der Waals surface area contributed by atoms with E-state index in [1.54, 1.807) is 24.3 Å². The van der Waals surface area contributed by atoms with Crippen molar-refractivity contribution in [3.63, 3.8) is 0 Å². The number of carbonyl (C=O) groups is 1. The minimum atomic E-state index is -4.43. The lowest BCUT2D eigenvalue weighted by Crippen LogP contribution is -2.21. The van der Waals surface area contributed by atoms with E-state index in [1.807, 2.05) is 24.3 Å². The third-order valence-electron chi connectivity index (χ3n) is 4.78. The summed E-state index contributed by atoms with van der Waals surface area (Å²) in [6.07, 6.45) is -3.31. The molecule has 1 N–H and O–H groups in total. The molecule has 0 aliphatic carbocycles. The number of aromatic nitrogens is 1. The fourth-order valence-corrected chi connectivity index (χ4v) is 3.10. The number of alkyl halides is 3. The first-order chi connectivity index (χ1) is 14.3. The normalized spacial score (nSPS) is 11.2. The average molecular weight is 413 g/mol. The minimum absolute atomic E-state index is 0.198. The molecule has 7 heteroatoms. The van der Waals surface area contributed by atoms with E-state index in [1.165, 1.54) is 0 Å². The van der Waals surface area contributed by atoms with Crippen LogP contribution in [0.15, 0.2) is 66.9 Å². The molecule has 0 saturated carbocycles. The van der Waals surface area contributed by atoms with E-state index in [-0.39, 0.29) is 11.6 Å². The molecular weight excluding hydrogens is 391 g/mol.